The lowest BCUT2D eigenvalue weighted by Gasteiger charge is -2.17. The monoisotopic (exact) mass is 376 g/mol. The van der Waals surface area contributed by atoms with Crippen LogP contribution in [-0.2, 0) is 6.42 Å². The summed E-state index contributed by atoms with van der Waals surface area (Å²) in [7, 11) is 0. The molecule has 0 spiro atoms. The normalized spacial score (nSPS) is 12.0. The topological polar surface area (TPSA) is 0 Å². The van der Waals surface area contributed by atoms with Crippen molar-refractivity contribution in [2.75, 3.05) is 0 Å². The van der Waals surface area contributed by atoms with E-state index < -0.39 is 0 Å². The minimum atomic E-state index is 0.484. The van der Waals surface area contributed by atoms with Crippen LogP contribution < -0.4 is 0 Å². The van der Waals surface area contributed by atoms with Crippen molar-refractivity contribution in [3.05, 3.63) is 119 Å². The van der Waals surface area contributed by atoms with E-state index in [1.165, 1.54) is 44.5 Å². The third-order valence-electron chi connectivity index (χ3n) is 5.82. The minimum absolute atomic E-state index is 0.484. The van der Waals surface area contributed by atoms with Gasteiger partial charge in [0.2, 0.25) is 0 Å². The molecular weight excluding hydrogens is 348 g/mol. The van der Waals surface area contributed by atoms with Crippen molar-refractivity contribution in [3.63, 3.8) is 0 Å². The lowest BCUT2D eigenvalue weighted by atomic mass is 9.87. The van der Waals surface area contributed by atoms with Gasteiger partial charge in [-0.25, -0.2) is 0 Å². The molecule has 4 aromatic carbocycles. The lowest BCUT2D eigenvalue weighted by Crippen LogP contribution is -2.00. The number of hydrogen-bond donors (Lipinski definition) is 0. The smallest absolute Gasteiger partial charge is 0.0146 e. The largest absolute Gasteiger partial charge is 0.0622 e. The molecule has 0 N–H and O–H groups in total. The summed E-state index contributed by atoms with van der Waals surface area (Å²) in [5, 5.41) is 0. The highest BCUT2D eigenvalue weighted by molar-refractivity contribution is 5.77. The van der Waals surface area contributed by atoms with E-state index in [0.717, 1.165) is 6.42 Å². The van der Waals surface area contributed by atoms with Gasteiger partial charge >= 0.3 is 0 Å². The van der Waals surface area contributed by atoms with E-state index in [2.05, 4.69) is 118 Å². The molecule has 144 valence electrons. The summed E-state index contributed by atoms with van der Waals surface area (Å²) >= 11 is 0. The first-order valence-corrected chi connectivity index (χ1v) is 10.4. The molecule has 0 heteroatoms. The van der Waals surface area contributed by atoms with Crippen LogP contribution in [0, 0.1) is 13.8 Å². The molecule has 29 heavy (non-hydrogen) atoms. The fourth-order valence-corrected chi connectivity index (χ4v) is 4.03. The molecule has 0 aromatic heterocycles. The molecule has 0 aliphatic heterocycles. The molecule has 4 rings (SSSR count). The Balaban J connectivity index is 1.72. The molecule has 0 bridgehead atoms. The summed E-state index contributed by atoms with van der Waals surface area (Å²) in [5.74, 6) is 0.484. The molecule has 0 amide bonds. The predicted molar refractivity (Wildman–Crippen MR) is 125 cm³/mol. The van der Waals surface area contributed by atoms with Crippen molar-refractivity contribution in [1.82, 2.24) is 0 Å². The van der Waals surface area contributed by atoms with Crippen LogP contribution in [0.15, 0.2) is 97.1 Å². The molecule has 1 atom stereocenters. The molecule has 0 saturated carbocycles. The summed E-state index contributed by atoms with van der Waals surface area (Å²) < 4.78 is 0. The van der Waals surface area contributed by atoms with Gasteiger partial charge in [-0.15, -0.1) is 0 Å². The van der Waals surface area contributed by atoms with Gasteiger partial charge in [-0.3, -0.25) is 0 Å². The fourth-order valence-electron chi connectivity index (χ4n) is 4.03. The van der Waals surface area contributed by atoms with Crippen molar-refractivity contribution in [2.45, 2.75) is 33.1 Å². The zero-order valence-electron chi connectivity index (χ0n) is 17.5. The fraction of sp³-hybridized carbons (Fsp3) is 0.172. The first kappa shape index (κ1) is 19.2. The Kier molecular flexibility index (Phi) is 5.62. The average Bonchev–Trinajstić information content (AvgIpc) is 2.76. The first-order chi connectivity index (χ1) is 14.1. The molecular formula is C29H28. The first-order valence-electron chi connectivity index (χ1n) is 10.4. The van der Waals surface area contributed by atoms with Crippen molar-refractivity contribution >= 4 is 0 Å². The number of aryl methyl sites for hydroxylation is 2. The van der Waals surface area contributed by atoms with E-state index in [0.29, 0.717) is 5.92 Å². The Morgan fingerprint density at radius 1 is 0.621 bits per heavy atom. The Morgan fingerprint density at radius 2 is 1.28 bits per heavy atom. The van der Waals surface area contributed by atoms with Gasteiger partial charge < -0.3 is 0 Å². The summed E-state index contributed by atoms with van der Waals surface area (Å²) in [6.45, 7) is 6.67. The van der Waals surface area contributed by atoms with Gasteiger partial charge in [-0.05, 0) is 71.2 Å². The maximum atomic E-state index is 2.35. The second kappa shape index (κ2) is 8.49. The van der Waals surface area contributed by atoms with E-state index in [1.807, 2.05) is 0 Å². The van der Waals surface area contributed by atoms with Crippen molar-refractivity contribution < 1.29 is 0 Å². The maximum absolute atomic E-state index is 2.35. The molecule has 0 aliphatic rings. The van der Waals surface area contributed by atoms with Crippen molar-refractivity contribution in [1.29, 1.82) is 0 Å². The van der Waals surface area contributed by atoms with Gasteiger partial charge in [-0.1, -0.05) is 103 Å². The van der Waals surface area contributed by atoms with Gasteiger partial charge in [0.05, 0.1) is 0 Å². The van der Waals surface area contributed by atoms with Gasteiger partial charge in [0.15, 0.2) is 0 Å². The highest BCUT2D eigenvalue weighted by atomic mass is 14.2. The summed E-state index contributed by atoms with van der Waals surface area (Å²) in [6, 6.07) is 35.3. The molecule has 0 radical (unpaired) electrons. The SMILES string of the molecule is Cc1ccc(-c2ccc(C)c(-c3ccccc3CC(C)c3ccccc3)c2)cc1. The van der Waals surface area contributed by atoms with Crippen LogP contribution in [0.4, 0.5) is 0 Å². The maximum Gasteiger partial charge on any atom is -0.0146 e. The van der Waals surface area contributed by atoms with Crippen LogP contribution in [0.3, 0.4) is 0 Å². The van der Waals surface area contributed by atoms with Crippen molar-refractivity contribution in [2.24, 2.45) is 0 Å². The van der Waals surface area contributed by atoms with E-state index in [9.17, 15) is 0 Å². The molecule has 0 heterocycles. The zero-order valence-corrected chi connectivity index (χ0v) is 17.5. The van der Waals surface area contributed by atoms with E-state index in [-0.39, 0.29) is 0 Å². The Bertz CT molecular complexity index is 1090. The van der Waals surface area contributed by atoms with Crippen LogP contribution in [-0.4, -0.2) is 0 Å². The number of rotatable bonds is 5. The molecule has 0 fully saturated rings. The minimum Gasteiger partial charge on any atom is -0.0622 e. The van der Waals surface area contributed by atoms with Crippen LogP contribution in [0.1, 0.15) is 35.1 Å². The van der Waals surface area contributed by atoms with E-state index >= 15 is 0 Å². The molecule has 0 nitrogen and oxygen atoms in total. The summed E-state index contributed by atoms with van der Waals surface area (Å²) in [4.78, 5) is 0. The van der Waals surface area contributed by atoms with Crippen LogP contribution in [0.2, 0.25) is 0 Å². The zero-order chi connectivity index (χ0) is 20.2. The average molecular weight is 377 g/mol. The van der Waals surface area contributed by atoms with Crippen LogP contribution in [0.25, 0.3) is 22.3 Å². The van der Waals surface area contributed by atoms with Gasteiger partial charge in [0.1, 0.15) is 0 Å². The third-order valence-corrected chi connectivity index (χ3v) is 5.82. The highest BCUT2D eigenvalue weighted by Crippen LogP contribution is 2.33. The van der Waals surface area contributed by atoms with Crippen LogP contribution in [0.5, 0.6) is 0 Å². The number of benzene rings is 4. The van der Waals surface area contributed by atoms with E-state index in [1.54, 1.807) is 0 Å². The molecule has 0 saturated heterocycles. The van der Waals surface area contributed by atoms with Gasteiger partial charge in [0.25, 0.3) is 0 Å². The third kappa shape index (κ3) is 4.32. The summed E-state index contributed by atoms with van der Waals surface area (Å²) in [5.41, 5.74) is 10.6. The molecule has 1 unspecified atom stereocenters. The second-order valence-electron chi connectivity index (χ2n) is 8.07. The highest BCUT2D eigenvalue weighted by Gasteiger charge is 2.13. The van der Waals surface area contributed by atoms with Gasteiger partial charge in [-0.2, -0.15) is 0 Å². The Morgan fingerprint density at radius 3 is 2.03 bits per heavy atom. The Labute approximate surface area is 174 Å². The van der Waals surface area contributed by atoms with Crippen molar-refractivity contribution in [3.8, 4) is 22.3 Å². The standard InChI is InChI=1S/C29H28/c1-21-13-16-25(17-14-21)26-18-15-22(2)29(20-26)28-12-8-7-11-27(28)19-23(3)24-9-5-4-6-10-24/h4-18,20,23H,19H2,1-3H3. The van der Waals surface area contributed by atoms with E-state index in [4.69, 9.17) is 0 Å². The molecule has 0 aliphatic carbocycles. The lowest BCUT2D eigenvalue weighted by molar-refractivity contribution is 0.760. The molecule has 4 aromatic rings. The quantitative estimate of drug-likeness (QED) is 0.331. The Hall–Kier alpha value is -3.12. The van der Waals surface area contributed by atoms with Crippen LogP contribution >= 0.6 is 0 Å². The summed E-state index contributed by atoms with van der Waals surface area (Å²) in [6.07, 6.45) is 1.04. The second-order valence-corrected chi connectivity index (χ2v) is 8.07. The predicted octanol–water partition coefficient (Wildman–Crippen LogP) is 7.98. The number of hydrogen-bond acceptors (Lipinski definition) is 0. The van der Waals surface area contributed by atoms with Gasteiger partial charge in [0, 0.05) is 0 Å².